The molecule has 0 aliphatic heterocycles. The summed E-state index contributed by atoms with van der Waals surface area (Å²) in [6, 6.07) is 4.24. The Bertz CT molecular complexity index is 680. The monoisotopic (exact) mass is 383 g/mol. The smallest absolute Gasteiger partial charge is 0.329 e. The van der Waals surface area contributed by atoms with Gasteiger partial charge in [0.1, 0.15) is 6.04 Å². The lowest BCUT2D eigenvalue weighted by atomic mass is 10.1. The number of esters is 1. The summed E-state index contributed by atoms with van der Waals surface area (Å²) in [4.78, 5) is 47.5. The molecule has 1 atom stereocenters. The quantitative estimate of drug-likeness (QED) is 0.385. The van der Waals surface area contributed by atoms with Gasteiger partial charge >= 0.3 is 5.97 Å². The molecule has 26 heavy (non-hydrogen) atoms. The van der Waals surface area contributed by atoms with Crippen molar-refractivity contribution in [3.8, 4) is 0 Å². The number of nitro benzene ring substituents is 1. The number of thioether (sulfide) groups is 1. The third-order valence-corrected chi connectivity index (χ3v) is 4.00. The molecule has 1 rings (SSSR count). The first-order valence-electron chi connectivity index (χ1n) is 7.67. The standard InChI is InChI=1S/C16H21N3O6S/c1-18(2)14(20)10-25-16(22)13(7-8-26-3)17-15(21)11-5-4-6-12(9-11)19(23)24/h4-6,9,13H,7-8,10H2,1-3H3,(H,17,21)/t13-/m1/s1. The number of carbonyl (C=O) groups is 3. The van der Waals surface area contributed by atoms with E-state index in [-0.39, 0.29) is 17.2 Å². The number of benzene rings is 1. The van der Waals surface area contributed by atoms with Gasteiger partial charge in [0.15, 0.2) is 6.61 Å². The van der Waals surface area contributed by atoms with E-state index in [1.807, 2.05) is 6.26 Å². The second-order valence-electron chi connectivity index (χ2n) is 5.51. The van der Waals surface area contributed by atoms with E-state index in [0.717, 1.165) is 6.07 Å². The first-order chi connectivity index (χ1) is 12.3. The van der Waals surface area contributed by atoms with E-state index in [2.05, 4.69) is 5.32 Å². The van der Waals surface area contributed by atoms with Crippen molar-refractivity contribution in [1.82, 2.24) is 10.2 Å². The Morgan fingerprint density at radius 2 is 2.04 bits per heavy atom. The first kappa shape index (κ1) is 21.4. The van der Waals surface area contributed by atoms with Crippen LogP contribution in [0, 0.1) is 10.1 Å². The number of rotatable bonds is 9. The summed E-state index contributed by atoms with van der Waals surface area (Å²) in [5.41, 5.74) is -0.164. The van der Waals surface area contributed by atoms with Crippen LogP contribution in [0.15, 0.2) is 24.3 Å². The van der Waals surface area contributed by atoms with Gasteiger partial charge in [-0.2, -0.15) is 11.8 Å². The average molecular weight is 383 g/mol. The molecule has 0 fully saturated rings. The maximum atomic E-state index is 12.3. The Kier molecular flexibility index (Phi) is 8.56. The maximum Gasteiger partial charge on any atom is 0.329 e. The van der Waals surface area contributed by atoms with Crippen molar-refractivity contribution in [2.75, 3.05) is 32.7 Å². The van der Waals surface area contributed by atoms with Gasteiger partial charge in [0.25, 0.3) is 17.5 Å². The van der Waals surface area contributed by atoms with Gasteiger partial charge < -0.3 is 15.0 Å². The van der Waals surface area contributed by atoms with Crippen LogP contribution in [0.3, 0.4) is 0 Å². The van der Waals surface area contributed by atoms with Crippen LogP contribution in [-0.4, -0.2) is 66.4 Å². The third-order valence-electron chi connectivity index (χ3n) is 3.36. The molecule has 2 amide bonds. The molecule has 0 radical (unpaired) electrons. The fourth-order valence-electron chi connectivity index (χ4n) is 1.85. The van der Waals surface area contributed by atoms with Crippen molar-refractivity contribution < 1.29 is 24.0 Å². The molecule has 0 aliphatic rings. The van der Waals surface area contributed by atoms with Crippen molar-refractivity contribution in [3.05, 3.63) is 39.9 Å². The molecule has 0 aromatic heterocycles. The zero-order valence-electron chi connectivity index (χ0n) is 14.8. The van der Waals surface area contributed by atoms with Crippen molar-refractivity contribution in [2.24, 2.45) is 0 Å². The Labute approximate surface area is 155 Å². The fourth-order valence-corrected chi connectivity index (χ4v) is 2.32. The second kappa shape index (κ2) is 10.4. The average Bonchev–Trinajstić information content (AvgIpc) is 2.62. The number of nitrogens with one attached hydrogen (secondary N) is 1. The number of nitro groups is 1. The van der Waals surface area contributed by atoms with Gasteiger partial charge in [-0.15, -0.1) is 0 Å². The molecule has 0 bridgehead atoms. The summed E-state index contributed by atoms with van der Waals surface area (Å²) < 4.78 is 4.96. The van der Waals surface area contributed by atoms with Crippen molar-refractivity contribution in [1.29, 1.82) is 0 Å². The van der Waals surface area contributed by atoms with E-state index in [1.165, 1.54) is 49.0 Å². The van der Waals surface area contributed by atoms with Gasteiger partial charge in [0.2, 0.25) is 0 Å². The summed E-state index contributed by atoms with van der Waals surface area (Å²) in [5, 5.41) is 13.3. The van der Waals surface area contributed by atoms with E-state index < -0.39 is 29.4 Å². The number of nitrogens with zero attached hydrogens (tertiary/aromatic N) is 2. The van der Waals surface area contributed by atoms with Gasteiger partial charge in [-0.05, 0) is 24.5 Å². The van der Waals surface area contributed by atoms with Crippen LogP contribution >= 0.6 is 11.8 Å². The Balaban J connectivity index is 2.81. The first-order valence-corrected chi connectivity index (χ1v) is 9.06. The van der Waals surface area contributed by atoms with Gasteiger partial charge in [-0.1, -0.05) is 6.07 Å². The largest absolute Gasteiger partial charge is 0.454 e. The van der Waals surface area contributed by atoms with Crippen LogP contribution in [0.1, 0.15) is 16.8 Å². The van der Waals surface area contributed by atoms with Crippen molar-refractivity contribution >= 4 is 35.2 Å². The molecule has 0 unspecified atom stereocenters. The topological polar surface area (TPSA) is 119 Å². The molecule has 1 aromatic carbocycles. The van der Waals surface area contributed by atoms with Crippen LogP contribution in [0.2, 0.25) is 0 Å². The van der Waals surface area contributed by atoms with Crippen molar-refractivity contribution in [3.63, 3.8) is 0 Å². The summed E-state index contributed by atoms with van der Waals surface area (Å²) in [5.74, 6) is -1.16. The normalized spacial score (nSPS) is 11.3. The predicted molar refractivity (Wildman–Crippen MR) is 97.0 cm³/mol. The minimum atomic E-state index is -0.954. The van der Waals surface area contributed by atoms with E-state index >= 15 is 0 Å². The molecule has 0 heterocycles. The maximum absolute atomic E-state index is 12.3. The summed E-state index contributed by atoms with van der Waals surface area (Å²) in [6.07, 6.45) is 2.15. The zero-order chi connectivity index (χ0) is 19.7. The molecule has 0 spiro atoms. The van der Waals surface area contributed by atoms with Gasteiger partial charge in [-0.25, -0.2) is 4.79 Å². The highest BCUT2D eigenvalue weighted by molar-refractivity contribution is 7.98. The fraction of sp³-hybridized carbons (Fsp3) is 0.438. The van der Waals surface area contributed by atoms with E-state index in [4.69, 9.17) is 4.74 Å². The molecule has 0 aliphatic carbocycles. The minimum absolute atomic E-state index is 0.0607. The Morgan fingerprint density at radius 1 is 1.35 bits per heavy atom. The number of carbonyl (C=O) groups excluding carboxylic acids is 3. The number of hydrogen-bond acceptors (Lipinski definition) is 7. The Morgan fingerprint density at radius 3 is 2.62 bits per heavy atom. The van der Waals surface area contributed by atoms with Crippen molar-refractivity contribution in [2.45, 2.75) is 12.5 Å². The SMILES string of the molecule is CSCC[C@@H](NC(=O)c1cccc([N+](=O)[O-])c1)C(=O)OCC(=O)N(C)C. The van der Waals surface area contributed by atoms with E-state index in [0.29, 0.717) is 12.2 Å². The van der Waals surface area contributed by atoms with Gasteiger partial charge in [0.05, 0.1) is 4.92 Å². The number of hydrogen-bond donors (Lipinski definition) is 1. The Hall–Kier alpha value is -2.62. The highest BCUT2D eigenvalue weighted by Crippen LogP contribution is 2.13. The number of likely N-dealkylation sites (N-methyl/N-ethyl adjacent to an activating group) is 1. The lowest BCUT2D eigenvalue weighted by Crippen LogP contribution is -2.43. The highest BCUT2D eigenvalue weighted by Gasteiger charge is 2.24. The van der Waals surface area contributed by atoms with Crippen LogP contribution in [0.25, 0.3) is 0 Å². The van der Waals surface area contributed by atoms with Crippen LogP contribution in [0.5, 0.6) is 0 Å². The van der Waals surface area contributed by atoms with Crippen LogP contribution in [-0.2, 0) is 14.3 Å². The molecule has 1 N–H and O–H groups in total. The molecular weight excluding hydrogens is 362 g/mol. The third kappa shape index (κ3) is 6.71. The molecule has 142 valence electrons. The zero-order valence-corrected chi connectivity index (χ0v) is 15.6. The second-order valence-corrected chi connectivity index (χ2v) is 6.50. The van der Waals surface area contributed by atoms with Crippen LogP contribution < -0.4 is 5.32 Å². The molecule has 10 heteroatoms. The molecule has 9 nitrogen and oxygen atoms in total. The van der Waals surface area contributed by atoms with E-state index in [9.17, 15) is 24.5 Å². The minimum Gasteiger partial charge on any atom is -0.454 e. The predicted octanol–water partition coefficient (Wildman–Crippen LogP) is 1.08. The molecule has 0 saturated heterocycles. The number of non-ortho nitro benzene ring substituents is 1. The molecule has 0 saturated carbocycles. The summed E-state index contributed by atoms with van der Waals surface area (Å²) >= 11 is 1.48. The van der Waals surface area contributed by atoms with Gasteiger partial charge in [-0.3, -0.25) is 19.7 Å². The van der Waals surface area contributed by atoms with Gasteiger partial charge in [0, 0.05) is 31.8 Å². The van der Waals surface area contributed by atoms with E-state index in [1.54, 1.807) is 0 Å². The number of amides is 2. The van der Waals surface area contributed by atoms with Crippen LogP contribution in [0.4, 0.5) is 5.69 Å². The lowest BCUT2D eigenvalue weighted by molar-refractivity contribution is -0.384. The summed E-state index contributed by atoms with van der Waals surface area (Å²) in [7, 11) is 3.07. The lowest BCUT2D eigenvalue weighted by Gasteiger charge is -2.18. The molecular formula is C16H21N3O6S. The molecule has 1 aromatic rings. The summed E-state index contributed by atoms with van der Waals surface area (Å²) in [6.45, 7) is -0.422. The highest BCUT2D eigenvalue weighted by atomic mass is 32.2. The number of ether oxygens (including phenoxy) is 1.